The first-order valence-electron chi connectivity index (χ1n) is 7.28. The Balaban J connectivity index is 1.88. The van der Waals surface area contributed by atoms with Gasteiger partial charge in [-0.05, 0) is 40.9 Å². The summed E-state index contributed by atoms with van der Waals surface area (Å²) in [6, 6.07) is 4.47. The number of halogens is 1. The first-order chi connectivity index (χ1) is 10.8. The van der Waals surface area contributed by atoms with E-state index in [1.807, 2.05) is 22.9 Å². The van der Waals surface area contributed by atoms with Crippen LogP contribution in [0.2, 0.25) is 0 Å². The molecule has 7 heteroatoms. The highest BCUT2D eigenvalue weighted by Crippen LogP contribution is 2.35. The molecule has 22 heavy (non-hydrogen) atoms. The molecule has 2 N–H and O–H groups in total. The van der Waals surface area contributed by atoms with Crippen molar-refractivity contribution in [1.82, 2.24) is 19.2 Å². The minimum atomic E-state index is 0.366. The second-order valence-corrected chi connectivity index (χ2v) is 6.23. The number of hydrogen-bond donors (Lipinski definition) is 1. The van der Waals surface area contributed by atoms with Crippen LogP contribution in [0.15, 0.2) is 35.3 Å². The molecule has 6 nitrogen and oxygen atoms in total. The maximum absolute atomic E-state index is 6.10. The average molecular weight is 362 g/mol. The van der Waals surface area contributed by atoms with E-state index in [1.54, 1.807) is 6.20 Å². The highest BCUT2D eigenvalue weighted by molar-refractivity contribution is 9.10. The van der Waals surface area contributed by atoms with Crippen molar-refractivity contribution in [2.24, 2.45) is 0 Å². The third kappa shape index (κ3) is 2.12. The van der Waals surface area contributed by atoms with Crippen LogP contribution in [0.5, 0.6) is 0 Å². The Bertz CT molecular complexity index is 819. The van der Waals surface area contributed by atoms with Crippen LogP contribution in [0.1, 0.15) is 18.9 Å². The summed E-state index contributed by atoms with van der Waals surface area (Å²) in [6.07, 6.45) is 7.40. The number of rotatable bonds is 2. The fourth-order valence-corrected chi connectivity index (χ4v) is 3.61. The Hall–Kier alpha value is -1.86. The molecule has 1 fully saturated rings. The van der Waals surface area contributed by atoms with Crippen molar-refractivity contribution in [1.29, 1.82) is 0 Å². The van der Waals surface area contributed by atoms with Crippen LogP contribution >= 0.6 is 15.9 Å². The largest absolute Gasteiger partial charge is 0.382 e. The molecule has 0 aliphatic carbocycles. The highest BCUT2D eigenvalue weighted by atomic mass is 79.9. The van der Waals surface area contributed by atoms with E-state index in [1.165, 1.54) is 0 Å². The highest BCUT2D eigenvalue weighted by Gasteiger charge is 2.22. The molecule has 0 radical (unpaired) electrons. The van der Waals surface area contributed by atoms with Gasteiger partial charge in [0.15, 0.2) is 0 Å². The molecule has 4 heterocycles. The predicted molar refractivity (Wildman–Crippen MR) is 87.6 cm³/mol. The zero-order chi connectivity index (χ0) is 15.1. The Morgan fingerprint density at radius 3 is 2.91 bits per heavy atom. The molecule has 0 unspecified atom stereocenters. The molecular formula is C15H16BrN5O. The number of nitrogens with zero attached hydrogens (tertiary/aromatic N) is 4. The Morgan fingerprint density at radius 1 is 1.27 bits per heavy atom. The molecular weight excluding hydrogens is 346 g/mol. The molecule has 114 valence electrons. The van der Waals surface area contributed by atoms with Crippen LogP contribution in [0.3, 0.4) is 0 Å². The lowest BCUT2D eigenvalue weighted by Gasteiger charge is -2.24. The normalized spacial score (nSPS) is 16.4. The van der Waals surface area contributed by atoms with Crippen LogP contribution in [-0.2, 0) is 4.74 Å². The molecule has 0 spiro atoms. The van der Waals surface area contributed by atoms with Gasteiger partial charge in [-0.1, -0.05) is 0 Å². The van der Waals surface area contributed by atoms with Crippen molar-refractivity contribution in [3.8, 4) is 11.3 Å². The van der Waals surface area contributed by atoms with E-state index in [4.69, 9.17) is 10.5 Å². The van der Waals surface area contributed by atoms with Crippen molar-refractivity contribution in [2.45, 2.75) is 18.9 Å². The zero-order valence-electron chi connectivity index (χ0n) is 11.9. The SMILES string of the molecule is Nc1nccn2c(Br)cc(-c3ccnn3C3CCOCC3)c12. The second kappa shape index (κ2) is 5.40. The summed E-state index contributed by atoms with van der Waals surface area (Å²) in [5.41, 5.74) is 9.12. The number of ether oxygens (including phenoxy) is 1. The molecule has 0 atom stereocenters. The van der Waals surface area contributed by atoms with Gasteiger partial charge in [0.25, 0.3) is 0 Å². The summed E-state index contributed by atoms with van der Waals surface area (Å²) in [7, 11) is 0. The topological polar surface area (TPSA) is 70.4 Å². The van der Waals surface area contributed by atoms with Gasteiger partial charge < -0.3 is 14.9 Å². The van der Waals surface area contributed by atoms with E-state index in [0.717, 1.165) is 47.4 Å². The van der Waals surface area contributed by atoms with Crippen LogP contribution < -0.4 is 5.73 Å². The van der Waals surface area contributed by atoms with Crippen LogP contribution in [0.25, 0.3) is 16.8 Å². The summed E-state index contributed by atoms with van der Waals surface area (Å²) in [4.78, 5) is 4.22. The molecule has 0 saturated carbocycles. The Morgan fingerprint density at radius 2 is 2.09 bits per heavy atom. The number of anilines is 1. The van der Waals surface area contributed by atoms with Gasteiger partial charge in [0.1, 0.15) is 5.82 Å². The van der Waals surface area contributed by atoms with Crippen molar-refractivity contribution < 1.29 is 4.74 Å². The van der Waals surface area contributed by atoms with Gasteiger partial charge in [-0.3, -0.25) is 4.68 Å². The van der Waals surface area contributed by atoms with E-state index < -0.39 is 0 Å². The van der Waals surface area contributed by atoms with Crippen molar-refractivity contribution in [3.05, 3.63) is 35.3 Å². The lowest BCUT2D eigenvalue weighted by molar-refractivity contribution is 0.0667. The molecule has 4 rings (SSSR count). The van der Waals surface area contributed by atoms with Gasteiger partial charge >= 0.3 is 0 Å². The van der Waals surface area contributed by atoms with E-state index in [0.29, 0.717) is 11.9 Å². The summed E-state index contributed by atoms with van der Waals surface area (Å²) in [5.74, 6) is 0.517. The van der Waals surface area contributed by atoms with E-state index in [9.17, 15) is 0 Å². The molecule has 0 amide bonds. The van der Waals surface area contributed by atoms with Crippen LogP contribution in [0, 0.1) is 0 Å². The predicted octanol–water partition coefficient (Wildman–Crippen LogP) is 2.89. The number of fused-ring (bicyclic) bond motifs is 1. The van der Waals surface area contributed by atoms with Crippen molar-refractivity contribution in [3.63, 3.8) is 0 Å². The maximum Gasteiger partial charge on any atom is 0.148 e. The van der Waals surface area contributed by atoms with Crippen molar-refractivity contribution >= 4 is 27.3 Å². The van der Waals surface area contributed by atoms with Gasteiger partial charge in [-0.2, -0.15) is 5.10 Å². The third-order valence-corrected chi connectivity index (χ3v) is 4.76. The van der Waals surface area contributed by atoms with E-state index in [2.05, 4.69) is 36.8 Å². The smallest absolute Gasteiger partial charge is 0.148 e. The number of nitrogen functional groups attached to an aromatic ring is 1. The van der Waals surface area contributed by atoms with Gasteiger partial charge in [-0.15, -0.1) is 0 Å². The summed E-state index contributed by atoms with van der Waals surface area (Å²) >= 11 is 3.59. The molecule has 1 aliphatic heterocycles. The molecule has 0 bridgehead atoms. The maximum atomic E-state index is 6.10. The summed E-state index contributed by atoms with van der Waals surface area (Å²) in [5, 5.41) is 4.54. The van der Waals surface area contributed by atoms with Gasteiger partial charge in [0, 0.05) is 37.4 Å². The zero-order valence-corrected chi connectivity index (χ0v) is 13.5. The average Bonchev–Trinajstić information content (AvgIpc) is 3.14. The molecule has 3 aromatic heterocycles. The summed E-state index contributed by atoms with van der Waals surface area (Å²) in [6.45, 7) is 1.57. The molecule has 1 aliphatic rings. The number of aromatic nitrogens is 4. The van der Waals surface area contributed by atoms with Crippen molar-refractivity contribution in [2.75, 3.05) is 18.9 Å². The molecule has 1 saturated heterocycles. The first kappa shape index (κ1) is 13.8. The van der Waals surface area contributed by atoms with E-state index in [-0.39, 0.29) is 0 Å². The van der Waals surface area contributed by atoms with Gasteiger partial charge in [0.2, 0.25) is 0 Å². The molecule has 3 aromatic rings. The number of hydrogen-bond acceptors (Lipinski definition) is 4. The standard InChI is InChI=1S/C15H16BrN5O/c16-13-9-11(14-15(17)18-5-6-20(13)14)12-1-4-19-21(12)10-2-7-22-8-3-10/h1,4-6,9-10H,2-3,7-8H2,(H2,17,18). The second-order valence-electron chi connectivity index (χ2n) is 5.42. The fourth-order valence-electron chi connectivity index (χ4n) is 3.09. The fraction of sp³-hybridized carbons (Fsp3) is 0.333. The number of nitrogens with two attached hydrogens (primary N) is 1. The van der Waals surface area contributed by atoms with Gasteiger partial charge in [-0.25, -0.2) is 4.98 Å². The quantitative estimate of drug-likeness (QED) is 0.761. The first-order valence-corrected chi connectivity index (χ1v) is 8.07. The Labute approximate surface area is 136 Å². The van der Waals surface area contributed by atoms with Crippen LogP contribution in [-0.4, -0.2) is 32.4 Å². The van der Waals surface area contributed by atoms with E-state index >= 15 is 0 Å². The minimum Gasteiger partial charge on any atom is -0.382 e. The molecule has 0 aromatic carbocycles. The lowest BCUT2D eigenvalue weighted by Crippen LogP contribution is -2.21. The minimum absolute atomic E-state index is 0.366. The van der Waals surface area contributed by atoms with Gasteiger partial charge in [0.05, 0.1) is 21.9 Å². The lowest BCUT2D eigenvalue weighted by atomic mass is 10.1. The monoisotopic (exact) mass is 361 g/mol. The van der Waals surface area contributed by atoms with Crippen LogP contribution in [0.4, 0.5) is 5.82 Å². The summed E-state index contributed by atoms with van der Waals surface area (Å²) < 4.78 is 10.5. The Kier molecular flexibility index (Phi) is 3.38. The third-order valence-electron chi connectivity index (χ3n) is 4.14.